The van der Waals surface area contributed by atoms with Crippen molar-refractivity contribution in [3.8, 4) is 17.9 Å². The molecule has 0 aliphatic heterocycles. The van der Waals surface area contributed by atoms with Gasteiger partial charge in [0.2, 0.25) is 0 Å². The number of hydrogen-bond acceptors (Lipinski definition) is 3. The van der Waals surface area contributed by atoms with Crippen LogP contribution in [-0.4, -0.2) is 13.1 Å². The quantitative estimate of drug-likeness (QED) is 0.449. The molecule has 0 heterocycles. The zero-order valence-electron chi connectivity index (χ0n) is 7.57. The van der Waals surface area contributed by atoms with Crippen molar-refractivity contribution in [3.05, 3.63) is 35.4 Å². The Morgan fingerprint density at radius 2 is 2.14 bits per heavy atom. The van der Waals surface area contributed by atoms with E-state index in [4.69, 9.17) is 5.26 Å². The fourth-order valence-corrected chi connectivity index (χ4v) is 0.841. The van der Waals surface area contributed by atoms with Gasteiger partial charge in [0.25, 0.3) is 0 Å². The van der Waals surface area contributed by atoms with Crippen molar-refractivity contribution in [1.29, 1.82) is 5.26 Å². The highest BCUT2D eigenvalue weighted by molar-refractivity contribution is 5.89. The fourth-order valence-electron chi connectivity index (χ4n) is 0.841. The number of carbonyl (C=O) groups excluding carboxylic acids is 1. The number of ether oxygens (including phenoxy) is 1. The predicted molar refractivity (Wildman–Crippen MR) is 50.1 cm³/mol. The van der Waals surface area contributed by atoms with Gasteiger partial charge in [0, 0.05) is 11.5 Å². The molecule has 14 heavy (non-hydrogen) atoms. The van der Waals surface area contributed by atoms with Crippen LogP contribution in [0.2, 0.25) is 0 Å². The molecular weight excluding hydrogens is 178 g/mol. The maximum atomic E-state index is 10.7. The Balaban J connectivity index is 2.91. The molecule has 0 aliphatic rings. The van der Waals surface area contributed by atoms with Gasteiger partial charge < -0.3 is 4.74 Å². The average molecular weight is 185 g/mol. The van der Waals surface area contributed by atoms with E-state index in [2.05, 4.69) is 16.6 Å². The first-order valence-corrected chi connectivity index (χ1v) is 3.86. The van der Waals surface area contributed by atoms with Gasteiger partial charge in [-0.05, 0) is 18.2 Å². The van der Waals surface area contributed by atoms with Crippen molar-refractivity contribution in [2.45, 2.75) is 0 Å². The number of rotatable bonds is 0. The number of esters is 1. The number of methoxy groups -OCH3 is 1. The Kier molecular flexibility index (Phi) is 3.29. The molecule has 68 valence electrons. The molecule has 0 bridgehead atoms. The summed E-state index contributed by atoms with van der Waals surface area (Å²) in [4.78, 5) is 10.7. The molecule has 0 amide bonds. The maximum Gasteiger partial charge on any atom is 0.384 e. The van der Waals surface area contributed by atoms with Crippen molar-refractivity contribution < 1.29 is 9.53 Å². The Labute approximate surface area is 81.9 Å². The van der Waals surface area contributed by atoms with Crippen LogP contribution >= 0.6 is 0 Å². The van der Waals surface area contributed by atoms with Crippen LogP contribution in [0.25, 0.3) is 0 Å². The van der Waals surface area contributed by atoms with Gasteiger partial charge in [-0.2, -0.15) is 5.26 Å². The summed E-state index contributed by atoms with van der Waals surface area (Å²) in [6.45, 7) is 0. The van der Waals surface area contributed by atoms with Crippen LogP contribution in [0.15, 0.2) is 24.3 Å². The van der Waals surface area contributed by atoms with Gasteiger partial charge in [-0.15, -0.1) is 0 Å². The molecule has 0 aromatic heterocycles. The Morgan fingerprint density at radius 1 is 1.43 bits per heavy atom. The van der Waals surface area contributed by atoms with Gasteiger partial charge >= 0.3 is 5.97 Å². The molecule has 1 rings (SSSR count). The number of nitriles is 1. The van der Waals surface area contributed by atoms with Gasteiger partial charge in [-0.1, -0.05) is 12.0 Å². The summed E-state index contributed by atoms with van der Waals surface area (Å²) in [6.07, 6.45) is 0. The fraction of sp³-hybridized carbons (Fsp3) is 0.0909. The highest BCUT2D eigenvalue weighted by Crippen LogP contribution is 2.01. The second kappa shape index (κ2) is 4.69. The number of nitrogens with zero attached hydrogens (tertiary/aromatic N) is 1. The monoisotopic (exact) mass is 185 g/mol. The van der Waals surface area contributed by atoms with Crippen LogP contribution in [0.4, 0.5) is 0 Å². The van der Waals surface area contributed by atoms with E-state index in [1.54, 1.807) is 24.3 Å². The largest absolute Gasteiger partial charge is 0.459 e. The van der Waals surface area contributed by atoms with E-state index in [-0.39, 0.29) is 0 Å². The van der Waals surface area contributed by atoms with Gasteiger partial charge in [0.05, 0.1) is 18.7 Å². The lowest BCUT2D eigenvalue weighted by atomic mass is 10.1. The lowest BCUT2D eigenvalue weighted by Crippen LogP contribution is -1.94. The molecule has 0 saturated heterocycles. The first-order chi connectivity index (χ1) is 6.76. The van der Waals surface area contributed by atoms with Crippen molar-refractivity contribution in [2.24, 2.45) is 0 Å². The molecule has 0 atom stereocenters. The first kappa shape index (κ1) is 9.83. The van der Waals surface area contributed by atoms with Crippen LogP contribution < -0.4 is 0 Å². The van der Waals surface area contributed by atoms with Gasteiger partial charge in [0.15, 0.2) is 0 Å². The minimum Gasteiger partial charge on any atom is -0.459 e. The molecule has 0 spiro atoms. The van der Waals surface area contributed by atoms with Crippen molar-refractivity contribution in [1.82, 2.24) is 0 Å². The summed E-state index contributed by atoms with van der Waals surface area (Å²) in [5.41, 5.74) is 1.14. The maximum absolute atomic E-state index is 10.7. The molecule has 1 aromatic rings. The zero-order chi connectivity index (χ0) is 10.4. The minimum absolute atomic E-state index is 0.515. The van der Waals surface area contributed by atoms with Crippen LogP contribution in [0, 0.1) is 23.2 Å². The molecule has 1 aromatic carbocycles. The lowest BCUT2D eigenvalue weighted by molar-refractivity contribution is -0.133. The average Bonchev–Trinajstić information content (AvgIpc) is 2.26. The van der Waals surface area contributed by atoms with Crippen LogP contribution in [0.1, 0.15) is 11.1 Å². The molecule has 0 radical (unpaired) electrons. The number of carbonyl (C=O) groups is 1. The van der Waals surface area contributed by atoms with E-state index in [0.29, 0.717) is 11.1 Å². The topological polar surface area (TPSA) is 50.1 Å². The Bertz CT molecular complexity index is 446. The van der Waals surface area contributed by atoms with E-state index in [1.165, 1.54) is 7.11 Å². The summed E-state index contributed by atoms with van der Waals surface area (Å²) >= 11 is 0. The molecular formula is C11H7NO2. The summed E-state index contributed by atoms with van der Waals surface area (Å²) in [6, 6.07) is 8.69. The van der Waals surface area contributed by atoms with Crippen molar-refractivity contribution >= 4 is 5.97 Å². The normalized spacial score (nSPS) is 8.00. The van der Waals surface area contributed by atoms with Crippen molar-refractivity contribution in [3.63, 3.8) is 0 Å². The highest BCUT2D eigenvalue weighted by Gasteiger charge is 1.92. The standard InChI is InChI=1S/C11H7NO2/c1-14-11(13)6-5-9-3-2-4-10(7-9)8-12/h2-4,7H,1H3. The summed E-state index contributed by atoms with van der Waals surface area (Å²) in [5, 5.41) is 8.60. The molecule has 0 fully saturated rings. The smallest absolute Gasteiger partial charge is 0.384 e. The third-order valence-corrected chi connectivity index (χ3v) is 1.49. The zero-order valence-corrected chi connectivity index (χ0v) is 7.57. The van der Waals surface area contributed by atoms with Gasteiger partial charge in [0.1, 0.15) is 0 Å². The van der Waals surface area contributed by atoms with E-state index in [1.807, 2.05) is 6.07 Å². The summed E-state index contributed by atoms with van der Waals surface area (Å²) in [5.74, 6) is 4.28. The van der Waals surface area contributed by atoms with Crippen molar-refractivity contribution in [2.75, 3.05) is 7.11 Å². The molecule has 3 heteroatoms. The van der Waals surface area contributed by atoms with E-state index in [0.717, 1.165) is 0 Å². The van der Waals surface area contributed by atoms with Crippen LogP contribution in [0.3, 0.4) is 0 Å². The summed E-state index contributed by atoms with van der Waals surface area (Å²) < 4.78 is 4.35. The highest BCUT2D eigenvalue weighted by atomic mass is 16.5. The van der Waals surface area contributed by atoms with E-state index >= 15 is 0 Å². The second-order valence-corrected chi connectivity index (χ2v) is 2.43. The molecule has 0 saturated carbocycles. The third-order valence-electron chi connectivity index (χ3n) is 1.49. The lowest BCUT2D eigenvalue weighted by Gasteiger charge is -1.90. The predicted octanol–water partition coefficient (Wildman–Crippen LogP) is 1.08. The summed E-state index contributed by atoms with van der Waals surface area (Å²) in [7, 11) is 1.27. The molecule has 3 nitrogen and oxygen atoms in total. The van der Waals surface area contributed by atoms with E-state index < -0.39 is 5.97 Å². The molecule has 0 aliphatic carbocycles. The Morgan fingerprint density at radius 3 is 2.79 bits per heavy atom. The van der Waals surface area contributed by atoms with Gasteiger partial charge in [-0.25, -0.2) is 4.79 Å². The van der Waals surface area contributed by atoms with Crippen LogP contribution in [-0.2, 0) is 9.53 Å². The first-order valence-electron chi connectivity index (χ1n) is 3.86. The van der Waals surface area contributed by atoms with Gasteiger partial charge in [-0.3, -0.25) is 0 Å². The SMILES string of the molecule is COC(=O)C#Cc1cccc(C#N)c1. The number of hydrogen-bond donors (Lipinski definition) is 0. The number of benzene rings is 1. The van der Waals surface area contributed by atoms with Crippen LogP contribution in [0.5, 0.6) is 0 Å². The molecule has 0 N–H and O–H groups in total. The Hall–Kier alpha value is -2.26. The minimum atomic E-state index is -0.590. The third kappa shape index (κ3) is 2.66. The van der Waals surface area contributed by atoms with E-state index in [9.17, 15) is 4.79 Å². The second-order valence-electron chi connectivity index (χ2n) is 2.43. The molecule has 0 unspecified atom stereocenters.